The molecule has 2 rings (SSSR count). The Morgan fingerprint density at radius 1 is 1.19 bits per heavy atom. The van der Waals surface area contributed by atoms with E-state index >= 15 is 0 Å². The van der Waals surface area contributed by atoms with Crippen LogP contribution in [-0.4, -0.2) is 21.8 Å². The molecule has 0 aliphatic rings. The standard InChI is InChI=1S/C12H7Cl3N2O3S/c1-4(18)10-9(11(19)20)17-12(21-10)16-8-3-6(14)5(13)2-7(8)15/h2-3H,1H3,(H,16,17)(H,19,20). The molecule has 5 nitrogen and oxygen atoms in total. The highest BCUT2D eigenvalue weighted by molar-refractivity contribution is 7.17. The number of anilines is 2. The van der Waals surface area contributed by atoms with Gasteiger partial charge in [0.25, 0.3) is 0 Å². The Bertz CT molecular complexity index is 714. The number of nitrogens with one attached hydrogen (secondary N) is 1. The van der Waals surface area contributed by atoms with E-state index in [1.54, 1.807) is 0 Å². The molecule has 0 atom stereocenters. The van der Waals surface area contributed by atoms with E-state index in [1.807, 2.05) is 0 Å². The third-order valence-corrected chi connectivity index (χ3v) is 4.51. The van der Waals surface area contributed by atoms with Crippen LogP contribution in [0.4, 0.5) is 10.8 Å². The number of carbonyl (C=O) groups is 2. The monoisotopic (exact) mass is 364 g/mol. The molecule has 1 aromatic heterocycles. The number of Topliss-reactive ketones (excluding diaryl/α,β-unsaturated/α-hetero) is 1. The van der Waals surface area contributed by atoms with Gasteiger partial charge in [-0.15, -0.1) is 0 Å². The lowest BCUT2D eigenvalue weighted by Crippen LogP contribution is -2.03. The van der Waals surface area contributed by atoms with Crippen molar-refractivity contribution in [2.45, 2.75) is 6.92 Å². The topological polar surface area (TPSA) is 79.3 Å². The summed E-state index contributed by atoms with van der Waals surface area (Å²) < 4.78 is 0. The zero-order valence-electron chi connectivity index (χ0n) is 10.4. The summed E-state index contributed by atoms with van der Waals surface area (Å²) in [4.78, 5) is 26.4. The van der Waals surface area contributed by atoms with E-state index in [4.69, 9.17) is 39.9 Å². The maximum Gasteiger partial charge on any atom is 0.356 e. The van der Waals surface area contributed by atoms with Gasteiger partial charge in [-0.25, -0.2) is 9.78 Å². The molecule has 0 unspecified atom stereocenters. The Morgan fingerprint density at radius 3 is 2.33 bits per heavy atom. The summed E-state index contributed by atoms with van der Waals surface area (Å²) in [6.07, 6.45) is 0. The number of carbonyl (C=O) groups excluding carboxylic acids is 1. The molecule has 1 aromatic carbocycles. The number of aromatic carboxylic acids is 1. The quantitative estimate of drug-likeness (QED) is 0.604. The van der Waals surface area contributed by atoms with Gasteiger partial charge in [0.15, 0.2) is 16.6 Å². The Morgan fingerprint density at radius 2 is 1.81 bits per heavy atom. The van der Waals surface area contributed by atoms with Crippen LogP contribution < -0.4 is 5.32 Å². The van der Waals surface area contributed by atoms with Gasteiger partial charge in [-0.05, 0) is 12.1 Å². The number of aromatic nitrogens is 1. The highest BCUT2D eigenvalue weighted by atomic mass is 35.5. The summed E-state index contributed by atoms with van der Waals surface area (Å²) in [5.74, 6) is -1.65. The summed E-state index contributed by atoms with van der Waals surface area (Å²) in [5.41, 5.74) is 0.109. The van der Waals surface area contributed by atoms with E-state index < -0.39 is 5.97 Å². The van der Waals surface area contributed by atoms with Gasteiger partial charge in [0.2, 0.25) is 0 Å². The number of carboxylic acid groups (broad SMARTS) is 1. The lowest BCUT2D eigenvalue weighted by molar-refractivity contribution is 0.0687. The first-order valence-electron chi connectivity index (χ1n) is 5.46. The molecule has 9 heteroatoms. The third kappa shape index (κ3) is 3.47. The first kappa shape index (κ1) is 16.0. The Balaban J connectivity index is 2.41. The van der Waals surface area contributed by atoms with Crippen molar-refractivity contribution in [1.29, 1.82) is 0 Å². The summed E-state index contributed by atoms with van der Waals surface area (Å²) in [7, 11) is 0. The number of carboxylic acids is 1. The van der Waals surface area contributed by atoms with E-state index in [0.717, 1.165) is 11.3 Å². The number of halogens is 3. The molecule has 0 saturated heterocycles. The van der Waals surface area contributed by atoms with Gasteiger partial charge in [-0.2, -0.15) is 0 Å². The second-order valence-corrected chi connectivity index (χ2v) is 6.15. The van der Waals surface area contributed by atoms with E-state index in [0.29, 0.717) is 15.7 Å². The van der Waals surface area contributed by atoms with Gasteiger partial charge >= 0.3 is 5.97 Å². The molecule has 0 bridgehead atoms. The van der Waals surface area contributed by atoms with Crippen molar-refractivity contribution in [2.75, 3.05) is 5.32 Å². The number of hydrogen-bond acceptors (Lipinski definition) is 5. The minimum Gasteiger partial charge on any atom is -0.476 e. The predicted octanol–water partition coefficient (Wildman–Crippen LogP) is 4.75. The molecule has 0 aliphatic carbocycles. The van der Waals surface area contributed by atoms with E-state index in [1.165, 1.54) is 19.1 Å². The van der Waals surface area contributed by atoms with Crippen LogP contribution in [0.15, 0.2) is 12.1 Å². The number of thiazole rings is 1. The first-order chi connectivity index (χ1) is 9.79. The molecule has 0 saturated carbocycles. The van der Waals surface area contributed by atoms with Crippen LogP contribution in [0.1, 0.15) is 27.1 Å². The second-order valence-electron chi connectivity index (χ2n) is 3.93. The van der Waals surface area contributed by atoms with E-state index in [9.17, 15) is 9.59 Å². The fraction of sp³-hybridized carbons (Fsp3) is 0.0833. The van der Waals surface area contributed by atoms with Gasteiger partial charge in [-0.1, -0.05) is 46.1 Å². The molecule has 2 aromatic rings. The van der Waals surface area contributed by atoms with Crippen LogP contribution in [-0.2, 0) is 0 Å². The van der Waals surface area contributed by atoms with Crippen LogP contribution in [0.25, 0.3) is 0 Å². The van der Waals surface area contributed by atoms with Gasteiger partial charge in [-0.3, -0.25) is 4.79 Å². The Hall–Kier alpha value is -1.34. The average molecular weight is 366 g/mol. The van der Waals surface area contributed by atoms with E-state index in [-0.39, 0.29) is 26.5 Å². The normalized spacial score (nSPS) is 10.5. The molecular formula is C12H7Cl3N2O3S. The minimum absolute atomic E-state index is 0.0567. The number of rotatable bonds is 4. The number of nitrogens with zero attached hydrogens (tertiary/aromatic N) is 1. The summed E-state index contributed by atoms with van der Waals surface area (Å²) in [6, 6.07) is 2.94. The molecule has 2 N–H and O–H groups in total. The SMILES string of the molecule is CC(=O)c1sc(Nc2cc(Cl)c(Cl)cc2Cl)nc1C(=O)O. The van der Waals surface area contributed by atoms with Crippen molar-refractivity contribution >= 4 is 68.7 Å². The zero-order valence-corrected chi connectivity index (χ0v) is 13.5. The number of hydrogen-bond donors (Lipinski definition) is 2. The summed E-state index contributed by atoms with van der Waals surface area (Å²) >= 11 is 18.6. The average Bonchev–Trinajstić information content (AvgIpc) is 2.80. The molecule has 0 radical (unpaired) electrons. The molecule has 0 amide bonds. The largest absolute Gasteiger partial charge is 0.476 e. The maximum absolute atomic E-state index is 11.4. The second kappa shape index (κ2) is 6.19. The molecule has 1 heterocycles. The van der Waals surface area contributed by atoms with Crippen LogP contribution in [0.2, 0.25) is 15.1 Å². The fourth-order valence-corrected chi connectivity index (χ4v) is 2.95. The fourth-order valence-electron chi connectivity index (χ4n) is 1.49. The highest BCUT2D eigenvalue weighted by Gasteiger charge is 2.21. The lowest BCUT2D eigenvalue weighted by atomic mass is 10.3. The Kier molecular flexibility index (Phi) is 4.73. The van der Waals surface area contributed by atoms with Gasteiger partial charge in [0, 0.05) is 6.92 Å². The van der Waals surface area contributed by atoms with Gasteiger partial charge < -0.3 is 10.4 Å². The van der Waals surface area contributed by atoms with Crippen LogP contribution in [0.5, 0.6) is 0 Å². The van der Waals surface area contributed by atoms with Crippen molar-refractivity contribution in [3.8, 4) is 0 Å². The maximum atomic E-state index is 11.4. The van der Waals surface area contributed by atoms with Crippen molar-refractivity contribution in [1.82, 2.24) is 4.98 Å². The minimum atomic E-state index is -1.27. The molecule has 110 valence electrons. The van der Waals surface area contributed by atoms with Crippen molar-refractivity contribution < 1.29 is 14.7 Å². The van der Waals surface area contributed by atoms with Crippen molar-refractivity contribution in [3.63, 3.8) is 0 Å². The van der Waals surface area contributed by atoms with Gasteiger partial charge in [0.05, 0.1) is 20.8 Å². The molecular weight excluding hydrogens is 359 g/mol. The van der Waals surface area contributed by atoms with Crippen molar-refractivity contribution in [2.24, 2.45) is 0 Å². The molecule has 0 spiro atoms. The van der Waals surface area contributed by atoms with Crippen LogP contribution in [0.3, 0.4) is 0 Å². The predicted molar refractivity (Wildman–Crippen MR) is 83.8 cm³/mol. The first-order valence-corrected chi connectivity index (χ1v) is 7.41. The summed E-state index contributed by atoms with van der Waals surface area (Å²) in [6.45, 7) is 1.27. The summed E-state index contributed by atoms with van der Waals surface area (Å²) in [5, 5.41) is 12.9. The highest BCUT2D eigenvalue weighted by Crippen LogP contribution is 2.35. The van der Waals surface area contributed by atoms with Crippen LogP contribution >= 0.6 is 46.1 Å². The third-order valence-electron chi connectivity index (χ3n) is 2.40. The molecule has 21 heavy (non-hydrogen) atoms. The van der Waals surface area contributed by atoms with Crippen LogP contribution in [0, 0.1) is 0 Å². The van der Waals surface area contributed by atoms with Crippen molar-refractivity contribution in [3.05, 3.63) is 37.8 Å². The molecule has 0 aliphatic heterocycles. The smallest absolute Gasteiger partial charge is 0.356 e. The lowest BCUT2D eigenvalue weighted by Gasteiger charge is -2.06. The number of benzene rings is 1. The Labute approximate surface area is 138 Å². The molecule has 0 fully saturated rings. The zero-order chi connectivity index (χ0) is 15.7. The van der Waals surface area contributed by atoms with Gasteiger partial charge in [0.1, 0.15) is 4.88 Å². The van der Waals surface area contributed by atoms with E-state index in [2.05, 4.69) is 10.3 Å². The number of ketones is 1.